The first-order valence-electron chi connectivity index (χ1n) is 7.71. The number of sulfonamides is 1. The maximum atomic E-state index is 12.6. The van der Waals surface area contributed by atoms with Crippen molar-refractivity contribution in [2.75, 3.05) is 13.6 Å². The van der Waals surface area contributed by atoms with E-state index in [1.54, 1.807) is 6.07 Å². The van der Waals surface area contributed by atoms with Crippen LogP contribution in [0.15, 0.2) is 23.1 Å². The summed E-state index contributed by atoms with van der Waals surface area (Å²) < 4.78 is 28.1. The molecule has 2 aliphatic carbocycles. The summed E-state index contributed by atoms with van der Waals surface area (Å²) in [6, 6.07) is 5.49. The highest BCUT2D eigenvalue weighted by atomic mass is 32.2. The lowest BCUT2D eigenvalue weighted by Crippen LogP contribution is -2.31. The number of hydrogen-bond acceptors (Lipinski definition) is 3. The Morgan fingerprint density at radius 3 is 2.57 bits per heavy atom. The van der Waals surface area contributed by atoms with E-state index >= 15 is 0 Å². The van der Waals surface area contributed by atoms with Gasteiger partial charge in [-0.25, -0.2) is 13.1 Å². The van der Waals surface area contributed by atoms with E-state index < -0.39 is 10.0 Å². The average molecular weight is 308 g/mol. The van der Waals surface area contributed by atoms with Gasteiger partial charge in [0.25, 0.3) is 0 Å². The smallest absolute Gasteiger partial charge is 0.240 e. The zero-order valence-corrected chi connectivity index (χ0v) is 13.6. The predicted molar refractivity (Wildman–Crippen MR) is 83.5 cm³/mol. The van der Waals surface area contributed by atoms with Crippen LogP contribution in [-0.4, -0.2) is 22.0 Å². The van der Waals surface area contributed by atoms with Crippen molar-refractivity contribution in [1.82, 2.24) is 10.0 Å². The lowest BCUT2D eigenvalue weighted by atomic mass is 10.0. The first-order valence-corrected chi connectivity index (χ1v) is 9.20. The Labute approximate surface area is 127 Å². The molecule has 2 aliphatic rings. The first kappa shape index (κ1) is 15.0. The molecule has 0 heterocycles. The van der Waals surface area contributed by atoms with Crippen molar-refractivity contribution in [3.8, 4) is 0 Å². The molecule has 0 atom stereocenters. The van der Waals surface area contributed by atoms with Crippen LogP contribution >= 0.6 is 0 Å². The quantitative estimate of drug-likeness (QED) is 0.812. The van der Waals surface area contributed by atoms with Crippen LogP contribution in [0.3, 0.4) is 0 Å². The van der Waals surface area contributed by atoms with Crippen molar-refractivity contribution >= 4 is 10.0 Å². The second kappa shape index (κ2) is 5.38. The Kier molecular flexibility index (Phi) is 3.84. The zero-order valence-electron chi connectivity index (χ0n) is 12.8. The molecular weight excluding hydrogens is 284 g/mol. The molecule has 21 heavy (non-hydrogen) atoms. The summed E-state index contributed by atoms with van der Waals surface area (Å²) in [5.74, 6) is 0.761. The highest BCUT2D eigenvalue weighted by Crippen LogP contribution is 2.60. The van der Waals surface area contributed by atoms with Crippen molar-refractivity contribution in [1.29, 1.82) is 0 Å². The van der Waals surface area contributed by atoms with Crippen molar-refractivity contribution in [2.24, 2.45) is 11.3 Å². The normalized spacial score (nSPS) is 20.5. The van der Waals surface area contributed by atoms with Crippen LogP contribution < -0.4 is 10.0 Å². The van der Waals surface area contributed by atoms with Crippen molar-refractivity contribution in [2.45, 2.75) is 44.0 Å². The Balaban J connectivity index is 1.76. The van der Waals surface area contributed by atoms with Crippen LogP contribution in [0, 0.1) is 18.3 Å². The third kappa shape index (κ3) is 3.00. The largest absolute Gasteiger partial charge is 0.316 e. The van der Waals surface area contributed by atoms with Gasteiger partial charge in [-0.2, -0.15) is 0 Å². The Bertz CT molecular complexity index is 632. The van der Waals surface area contributed by atoms with Crippen molar-refractivity contribution in [3.63, 3.8) is 0 Å². The molecule has 2 N–H and O–H groups in total. The Morgan fingerprint density at radius 1 is 1.29 bits per heavy atom. The van der Waals surface area contributed by atoms with E-state index in [-0.39, 0.29) is 5.41 Å². The highest BCUT2D eigenvalue weighted by molar-refractivity contribution is 7.89. The maximum absolute atomic E-state index is 12.6. The molecule has 0 radical (unpaired) electrons. The van der Waals surface area contributed by atoms with Crippen LogP contribution in [0.5, 0.6) is 0 Å². The molecule has 2 fully saturated rings. The van der Waals surface area contributed by atoms with Crippen LogP contribution in [-0.2, 0) is 16.6 Å². The molecule has 0 aromatic heterocycles. The molecule has 5 heteroatoms. The third-order valence-corrected chi connectivity index (χ3v) is 6.55. The summed E-state index contributed by atoms with van der Waals surface area (Å²) in [5.41, 5.74) is 2.16. The minimum Gasteiger partial charge on any atom is -0.316 e. The predicted octanol–water partition coefficient (Wildman–Crippen LogP) is 2.18. The Hall–Kier alpha value is -0.910. The minimum absolute atomic E-state index is 0.281. The fraction of sp³-hybridized carbons (Fsp3) is 0.625. The summed E-state index contributed by atoms with van der Waals surface area (Å²) in [4.78, 5) is 0.418. The second-order valence-electron chi connectivity index (χ2n) is 6.53. The fourth-order valence-electron chi connectivity index (χ4n) is 3.24. The van der Waals surface area contributed by atoms with E-state index in [2.05, 4.69) is 10.0 Å². The molecule has 0 saturated heterocycles. The first-order chi connectivity index (χ1) is 9.98. The summed E-state index contributed by atoms with van der Waals surface area (Å²) in [6.07, 6.45) is 4.91. The van der Waals surface area contributed by atoms with Gasteiger partial charge in [-0.1, -0.05) is 12.1 Å². The van der Waals surface area contributed by atoms with Gasteiger partial charge >= 0.3 is 0 Å². The molecule has 0 amide bonds. The van der Waals surface area contributed by atoms with Gasteiger partial charge in [0.15, 0.2) is 0 Å². The molecule has 116 valence electrons. The second-order valence-corrected chi connectivity index (χ2v) is 8.27. The van der Waals surface area contributed by atoms with Gasteiger partial charge in [0.05, 0.1) is 4.90 Å². The van der Waals surface area contributed by atoms with Gasteiger partial charge < -0.3 is 5.32 Å². The number of hydrogen-bond donors (Lipinski definition) is 2. The standard InChI is InChI=1S/C16H24N2O2S/c1-12-13(10-17-2)4-3-5-15(12)21(19,20)18-11-16(8-9-16)14-6-7-14/h3-5,14,17-18H,6-11H2,1-2H3. The van der Waals surface area contributed by atoms with Gasteiger partial charge in [-0.3, -0.25) is 0 Å². The van der Waals surface area contributed by atoms with E-state index in [1.807, 2.05) is 26.1 Å². The topological polar surface area (TPSA) is 58.2 Å². The van der Waals surface area contributed by atoms with Crippen molar-refractivity contribution in [3.05, 3.63) is 29.3 Å². The molecule has 3 rings (SSSR count). The molecule has 4 nitrogen and oxygen atoms in total. The SMILES string of the molecule is CNCc1cccc(S(=O)(=O)NCC2(C3CC3)CC2)c1C. The summed E-state index contributed by atoms with van der Waals surface area (Å²) in [5, 5.41) is 3.08. The molecule has 0 spiro atoms. The van der Waals surface area contributed by atoms with Crippen LogP contribution in [0.4, 0.5) is 0 Å². The number of nitrogens with one attached hydrogen (secondary N) is 2. The number of benzene rings is 1. The average Bonchev–Trinajstić information content (AvgIpc) is 3.31. The fourth-order valence-corrected chi connectivity index (χ4v) is 4.66. The van der Waals surface area contributed by atoms with Gasteiger partial charge in [-0.15, -0.1) is 0 Å². The van der Waals surface area contributed by atoms with Crippen LogP contribution in [0.25, 0.3) is 0 Å². The number of rotatable bonds is 7. The monoisotopic (exact) mass is 308 g/mol. The van der Waals surface area contributed by atoms with E-state index in [1.165, 1.54) is 25.7 Å². The third-order valence-electron chi connectivity index (χ3n) is 5.00. The van der Waals surface area contributed by atoms with Crippen LogP contribution in [0.2, 0.25) is 0 Å². The summed E-state index contributed by atoms with van der Waals surface area (Å²) in [7, 11) is -1.54. The highest BCUT2D eigenvalue weighted by Gasteiger charge is 2.53. The van der Waals surface area contributed by atoms with Gasteiger partial charge in [0, 0.05) is 13.1 Å². The lowest BCUT2D eigenvalue weighted by Gasteiger charge is -2.17. The molecule has 1 aromatic carbocycles. The Morgan fingerprint density at radius 2 is 2.00 bits per heavy atom. The maximum Gasteiger partial charge on any atom is 0.240 e. The van der Waals surface area contributed by atoms with E-state index in [9.17, 15) is 8.42 Å². The van der Waals surface area contributed by atoms with Gasteiger partial charge in [0.2, 0.25) is 10.0 Å². The molecule has 0 unspecified atom stereocenters. The summed E-state index contributed by atoms with van der Waals surface area (Å²) >= 11 is 0. The van der Waals surface area contributed by atoms with Gasteiger partial charge in [-0.05, 0) is 68.2 Å². The molecule has 0 bridgehead atoms. The molecule has 0 aliphatic heterocycles. The summed E-state index contributed by atoms with van der Waals surface area (Å²) in [6.45, 7) is 3.17. The van der Waals surface area contributed by atoms with E-state index in [0.717, 1.165) is 17.0 Å². The molecular formula is C16H24N2O2S. The van der Waals surface area contributed by atoms with E-state index in [0.29, 0.717) is 18.0 Å². The van der Waals surface area contributed by atoms with Crippen LogP contribution in [0.1, 0.15) is 36.8 Å². The molecule has 2 saturated carbocycles. The van der Waals surface area contributed by atoms with Crippen molar-refractivity contribution < 1.29 is 8.42 Å². The minimum atomic E-state index is -3.41. The van der Waals surface area contributed by atoms with E-state index in [4.69, 9.17) is 0 Å². The zero-order chi connectivity index (χ0) is 15.1. The molecule has 1 aromatic rings. The lowest BCUT2D eigenvalue weighted by molar-refractivity contribution is 0.431. The van der Waals surface area contributed by atoms with Gasteiger partial charge in [0.1, 0.15) is 0 Å².